The van der Waals surface area contributed by atoms with E-state index in [2.05, 4.69) is 0 Å². The number of hydrogen-bond donors (Lipinski definition) is 2. The third-order valence-electron chi connectivity index (χ3n) is 3.38. The van der Waals surface area contributed by atoms with Gasteiger partial charge in [-0.25, -0.2) is 8.78 Å². The molecule has 1 atom stereocenters. The molecule has 0 radical (unpaired) electrons. The lowest BCUT2D eigenvalue weighted by Crippen LogP contribution is -2.57. The highest BCUT2D eigenvalue weighted by Crippen LogP contribution is 2.23. The average molecular weight is 284 g/mol. The Morgan fingerprint density at radius 1 is 1.35 bits per heavy atom. The zero-order valence-electron chi connectivity index (χ0n) is 10.6. The minimum absolute atomic E-state index is 0.151. The van der Waals surface area contributed by atoms with Crippen molar-refractivity contribution in [3.8, 4) is 0 Å². The molecular formula is C13H14F2N2O3. The molecule has 108 valence electrons. The molecule has 1 heterocycles. The van der Waals surface area contributed by atoms with Gasteiger partial charge in [-0.05, 0) is 25.0 Å². The lowest BCUT2D eigenvalue weighted by molar-refractivity contribution is -0.140. The Balaban J connectivity index is 2.23. The summed E-state index contributed by atoms with van der Waals surface area (Å²) in [5, 5.41) is 10.0. The topological polar surface area (TPSA) is 83.6 Å². The van der Waals surface area contributed by atoms with Crippen LogP contribution in [-0.4, -0.2) is 40.5 Å². The number of nitrogens with two attached hydrogens (primary N) is 1. The van der Waals surface area contributed by atoms with E-state index in [0.717, 1.165) is 17.0 Å². The fourth-order valence-electron chi connectivity index (χ4n) is 2.24. The number of rotatable bonds is 2. The quantitative estimate of drug-likeness (QED) is 0.825. The van der Waals surface area contributed by atoms with Crippen molar-refractivity contribution in [3.63, 3.8) is 0 Å². The van der Waals surface area contributed by atoms with Crippen molar-refractivity contribution in [2.75, 3.05) is 13.1 Å². The van der Waals surface area contributed by atoms with Crippen LogP contribution in [0.25, 0.3) is 0 Å². The molecule has 1 fully saturated rings. The molecule has 20 heavy (non-hydrogen) atoms. The number of β-amino-alcohol motifs (C(OH)–C–C–N with tert-alkyl or cyclic N) is 1. The van der Waals surface area contributed by atoms with Gasteiger partial charge in [-0.1, -0.05) is 0 Å². The van der Waals surface area contributed by atoms with Crippen LogP contribution in [0.4, 0.5) is 8.78 Å². The second kappa shape index (κ2) is 5.16. The molecule has 5 nitrogen and oxygen atoms in total. The SMILES string of the molecule is NC(=O)[C@@]1(O)CCCN(C(=O)c2ccc(F)cc2F)C1. The number of halogens is 2. The number of carbonyl (C=O) groups is 2. The number of nitrogens with zero attached hydrogens (tertiary/aromatic N) is 1. The molecule has 0 unspecified atom stereocenters. The Hall–Kier alpha value is -2.02. The average Bonchev–Trinajstić information content (AvgIpc) is 2.38. The second-order valence-corrected chi connectivity index (χ2v) is 4.85. The summed E-state index contributed by atoms with van der Waals surface area (Å²) in [5.74, 6) is -3.40. The molecule has 2 amide bonds. The fraction of sp³-hybridized carbons (Fsp3) is 0.385. The third kappa shape index (κ3) is 2.62. The number of piperidine rings is 1. The smallest absolute Gasteiger partial charge is 0.256 e. The van der Waals surface area contributed by atoms with Crippen LogP contribution in [0.1, 0.15) is 23.2 Å². The molecule has 2 rings (SSSR count). The lowest BCUT2D eigenvalue weighted by Gasteiger charge is -2.37. The van der Waals surface area contributed by atoms with Crippen molar-refractivity contribution in [3.05, 3.63) is 35.4 Å². The van der Waals surface area contributed by atoms with E-state index in [1.165, 1.54) is 0 Å². The first-order valence-corrected chi connectivity index (χ1v) is 6.10. The largest absolute Gasteiger partial charge is 0.378 e. The van der Waals surface area contributed by atoms with Gasteiger partial charge >= 0.3 is 0 Å². The molecule has 0 aromatic heterocycles. The molecule has 1 saturated heterocycles. The monoisotopic (exact) mass is 284 g/mol. The fourth-order valence-corrected chi connectivity index (χ4v) is 2.24. The first-order valence-electron chi connectivity index (χ1n) is 6.10. The third-order valence-corrected chi connectivity index (χ3v) is 3.38. The molecule has 7 heteroatoms. The van der Waals surface area contributed by atoms with Crippen molar-refractivity contribution >= 4 is 11.8 Å². The van der Waals surface area contributed by atoms with Crippen LogP contribution in [-0.2, 0) is 4.79 Å². The maximum atomic E-state index is 13.6. The number of primary amides is 1. The maximum absolute atomic E-state index is 13.6. The zero-order valence-corrected chi connectivity index (χ0v) is 10.6. The summed E-state index contributed by atoms with van der Waals surface area (Å²) in [7, 11) is 0. The molecule has 1 aliphatic rings. The summed E-state index contributed by atoms with van der Waals surface area (Å²) >= 11 is 0. The van der Waals surface area contributed by atoms with Crippen LogP contribution in [0.2, 0.25) is 0 Å². The number of aliphatic hydroxyl groups is 1. The number of likely N-dealkylation sites (tertiary alicyclic amines) is 1. The summed E-state index contributed by atoms with van der Waals surface area (Å²) in [6, 6.07) is 2.61. The summed E-state index contributed by atoms with van der Waals surface area (Å²) in [5.41, 5.74) is 3.00. The number of amides is 2. The van der Waals surface area contributed by atoms with Gasteiger partial charge in [-0.15, -0.1) is 0 Å². The van der Waals surface area contributed by atoms with E-state index < -0.39 is 29.0 Å². The molecule has 1 aromatic rings. The van der Waals surface area contributed by atoms with E-state index in [-0.39, 0.29) is 25.1 Å². The van der Waals surface area contributed by atoms with Gasteiger partial charge in [0, 0.05) is 12.6 Å². The Kier molecular flexibility index (Phi) is 3.71. The normalized spacial score (nSPS) is 22.6. The van der Waals surface area contributed by atoms with Crippen LogP contribution >= 0.6 is 0 Å². The van der Waals surface area contributed by atoms with E-state index in [9.17, 15) is 23.5 Å². The van der Waals surface area contributed by atoms with Gasteiger partial charge < -0.3 is 15.7 Å². The molecule has 0 saturated carbocycles. The van der Waals surface area contributed by atoms with Gasteiger partial charge in [-0.3, -0.25) is 9.59 Å². The number of hydrogen-bond acceptors (Lipinski definition) is 3. The highest BCUT2D eigenvalue weighted by atomic mass is 19.1. The van der Waals surface area contributed by atoms with Gasteiger partial charge in [-0.2, -0.15) is 0 Å². The highest BCUT2D eigenvalue weighted by molar-refractivity contribution is 5.95. The van der Waals surface area contributed by atoms with Crippen LogP contribution in [0, 0.1) is 11.6 Å². The minimum Gasteiger partial charge on any atom is -0.378 e. The van der Waals surface area contributed by atoms with E-state index in [1.54, 1.807) is 0 Å². The predicted octanol–water partition coefficient (Wildman–Crippen LogP) is 0.417. The zero-order chi connectivity index (χ0) is 14.9. The van der Waals surface area contributed by atoms with Crippen LogP contribution in [0.3, 0.4) is 0 Å². The molecule has 3 N–H and O–H groups in total. The summed E-state index contributed by atoms with van der Waals surface area (Å²) in [4.78, 5) is 24.5. The Morgan fingerprint density at radius 3 is 2.65 bits per heavy atom. The van der Waals surface area contributed by atoms with E-state index in [4.69, 9.17) is 5.73 Å². The lowest BCUT2D eigenvalue weighted by atomic mass is 9.92. The summed E-state index contributed by atoms with van der Waals surface area (Å²) in [6.45, 7) is -0.0246. The van der Waals surface area contributed by atoms with Crippen LogP contribution < -0.4 is 5.73 Å². The molecular weight excluding hydrogens is 270 g/mol. The van der Waals surface area contributed by atoms with Crippen molar-refractivity contribution < 1.29 is 23.5 Å². The number of carbonyl (C=O) groups excluding carboxylic acids is 2. The van der Waals surface area contributed by atoms with E-state index in [0.29, 0.717) is 12.5 Å². The van der Waals surface area contributed by atoms with Gasteiger partial charge in [0.2, 0.25) is 0 Å². The Labute approximate surface area is 114 Å². The second-order valence-electron chi connectivity index (χ2n) is 4.85. The first kappa shape index (κ1) is 14.4. The molecule has 1 aliphatic heterocycles. The first-order chi connectivity index (χ1) is 9.33. The van der Waals surface area contributed by atoms with Gasteiger partial charge in [0.05, 0.1) is 12.1 Å². The predicted molar refractivity (Wildman–Crippen MR) is 65.6 cm³/mol. The Morgan fingerprint density at radius 2 is 2.05 bits per heavy atom. The van der Waals surface area contributed by atoms with Crippen molar-refractivity contribution in [2.24, 2.45) is 5.73 Å². The van der Waals surface area contributed by atoms with Crippen LogP contribution in [0.15, 0.2) is 18.2 Å². The molecule has 0 aliphatic carbocycles. The van der Waals surface area contributed by atoms with Gasteiger partial charge in [0.1, 0.15) is 11.6 Å². The van der Waals surface area contributed by atoms with Gasteiger partial charge in [0.25, 0.3) is 11.8 Å². The van der Waals surface area contributed by atoms with E-state index >= 15 is 0 Å². The summed E-state index contributed by atoms with van der Waals surface area (Å²) in [6.07, 6.45) is 0.520. The standard InChI is InChI=1S/C13H14F2N2O3/c14-8-2-3-9(10(15)6-8)11(18)17-5-1-4-13(20,7-17)12(16)19/h2-3,6,20H,1,4-5,7H2,(H2,16,19)/t13-/m1/s1. The molecule has 1 aromatic carbocycles. The van der Waals surface area contributed by atoms with Crippen LogP contribution in [0.5, 0.6) is 0 Å². The minimum atomic E-state index is -1.80. The number of benzene rings is 1. The highest BCUT2D eigenvalue weighted by Gasteiger charge is 2.40. The van der Waals surface area contributed by atoms with Crippen molar-refractivity contribution in [2.45, 2.75) is 18.4 Å². The Bertz CT molecular complexity index is 565. The van der Waals surface area contributed by atoms with Crippen molar-refractivity contribution in [1.82, 2.24) is 4.90 Å². The van der Waals surface area contributed by atoms with Crippen molar-refractivity contribution in [1.29, 1.82) is 0 Å². The maximum Gasteiger partial charge on any atom is 0.256 e. The van der Waals surface area contributed by atoms with E-state index in [1.807, 2.05) is 0 Å². The molecule has 0 bridgehead atoms. The molecule has 0 spiro atoms. The van der Waals surface area contributed by atoms with Gasteiger partial charge in [0.15, 0.2) is 5.60 Å². The summed E-state index contributed by atoms with van der Waals surface area (Å²) < 4.78 is 26.4.